The van der Waals surface area contributed by atoms with Crippen LogP contribution in [0, 0.1) is 11.3 Å². The van der Waals surface area contributed by atoms with E-state index in [2.05, 4.69) is 46.4 Å². The van der Waals surface area contributed by atoms with Crippen LogP contribution in [-0.4, -0.2) is 34.1 Å². The van der Waals surface area contributed by atoms with Crippen molar-refractivity contribution in [2.75, 3.05) is 6.54 Å². The van der Waals surface area contributed by atoms with Gasteiger partial charge in [-0.15, -0.1) is 0 Å². The summed E-state index contributed by atoms with van der Waals surface area (Å²) in [5.74, 6) is -0.0355. The average molecular weight is 283 g/mol. The molecule has 3 heteroatoms. The summed E-state index contributed by atoms with van der Waals surface area (Å²) >= 11 is 0. The van der Waals surface area contributed by atoms with Gasteiger partial charge >= 0.3 is 5.97 Å². The molecule has 118 valence electrons. The number of carboxylic acids is 1. The Hall–Kier alpha value is -0.570. The van der Waals surface area contributed by atoms with Crippen LogP contribution in [0.4, 0.5) is 0 Å². The van der Waals surface area contributed by atoms with Crippen molar-refractivity contribution in [2.24, 2.45) is 11.3 Å². The Morgan fingerprint density at radius 2 is 1.65 bits per heavy atom. The van der Waals surface area contributed by atoms with Crippen LogP contribution in [0.15, 0.2) is 0 Å². The summed E-state index contributed by atoms with van der Waals surface area (Å²) in [5.41, 5.74) is 0.318. The molecule has 1 fully saturated rings. The van der Waals surface area contributed by atoms with Gasteiger partial charge in [0.1, 0.15) is 0 Å². The van der Waals surface area contributed by atoms with Gasteiger partial charge < -0.3 is 5.11 Å². The molecule has 1 saturated carbocycles. The molecule has 1 aliphatic carbocycles. The van der Waals surface area contributed by atoms with Gasteiger partial charge in [0.25, 0.3) is 0 Å². The van der Waals surface area contributed by atoms with Crippen molar-refractivity contribution in [2.45, 2.75) is 85.2 Å². The molecule has 0 radical (unpaired) electrons. The molecule has 0 saturated heterocycles. The fourth-order valence-electron chi connectivity index (χ4n) is 3.71. The van der Waals surface area contributed by atoms with Gasteiger partial charge in [-0.3, -0.25) is 9.69 Å². The first kappa shape index (κ1) is 17.5. The van der Waals surface area contributed by atoms with Crippen LogP contribution in [0.5, 0.6) is 0 Å². The SMILES string of the molecule is CC(C)(C)C1CCCCC1N(CCC(=O)O)C(C)(C)C. The predicted octanol–water partition coefficient (Wildman–Crippen LogP) is 4.17. The number of carboxylic acid groups (broad SMARTS) is 1. The summed E-state index contributed by atoms with van der Waals surface area (Å²) in [6.07, 6.45) is 5.31. The number of rotatable bonds is 4. The van der Waals surface area contributed by atoms with Gasteiger partial charge in [0.2, 0.25) is 0 Å². The van der Waals surface area contributed by atoms with Crippen molar-refractivity contribution in [3.05, 3.63) is 0 Å². The maximum atomic E-state index is 11.0. The second-order valence-electron chi connectivity index (χ2n) is 8.33. The van der Waals surface area contributed by atoms with Gasteiger partial charge in [0.15, 0.2) is 0 Å². The zero-order valence-electron chi connectivity index (χ0n) is 14.2. The quantitative estimate of drug-likeness (QED) is 0.842. The van der Waals surface area contributed by atoms with Crippen LogP contribution in [0.3, 0.4) is 0 Å². The Morgan fingerprint density at radius 1 is 1.10 bits per heavy atom. The molecule has 1 aliphatic rings. The van der Waals surface area contributed by atoms with Crippen LogP contribution in [-0.2, 0) is 4.79 Å². The zero-order chi connectivity index (χ0) is 15.6. The zero-order valence-corrected chi connectivity index (χ0v) is 14.2. The second-order valence-corrected chi connectivity index (χ2v) is 8.33. The van der Waals surface area contributed by atoms with E-state index in [1.165, 1.54) is 25.7 Å². The van der Waals surface area contributed by atoms with Crippen LogP contribution >= 0.6 is 0 Å². The summed E-state index contributed by atoms with van der Waals surface area (Å²) in [5, 5.41) is 9.03. The summed E-state index contributed by atoms with van der Waals surface area (Å²) in [7, 11) is 0. The van der Waals surface area contributed by atoms with Crippen LogP contribution in [0.1, 0.15) is 73.6 Å². The van der Waals surface area contributed by atoms with Crippen molar-refractivity contribution in [3.63, 3.8) is 0 Å². The van der Waals surface area contributed by atoms with Crippen molar-refractivity contribution in [1.82, 2.24) is 4.90 Å². The molecule has 1 N–H and O–H groups in total. The van der Waals surface area contributed by atoms with E-state index in [0.29, 0.717) is 18.5 Å². The summed E-state index contributed by atoms with van der Waals surface area (Å²) in [4.78, 5) is 13.4. The minimum atomic E-state index is -0.692. The fraction of sp³-hybridized carbons (Fsp3) is 0.941. The largest absolute Gasteiger partial charge is 0.481 e. The molecule has 0 aromatic carbocycles. The number of hydrogen-bond acceptors (Lipinski definition) is 2. The minimum Gasteiger partial charge on any atom is -0.481 e. The molecule has 0 bridgehead atoms. The number of aliphatic carboxylic acids is 1. The molecule has 0 aromatic heterocycles. The minimum absolute atomic E-state index is 0.0287. The van der Waals surface area contributed by atoms with Gasteiger partial charge in [-0.2, -0.15) is 0 Å². The molecule has 0 amide bonds. The van der Waals surface area contributed by atoms with Crippen molar-refractivity contribution < 1.29 is 9.90 Å². The molecule has 20 heavy (non-hydrogen) atoms. The predicted molar refractivity (Wildman–Crippen MR) is 83.9 cm³/mol. The van der Waals surface area contributed by atoms with Crippen molar-refractivity contribution >= 4 is 5.97 Å². The van der Waals surface area contributed by atoms with Crippen LogP contribution in [0.25, 0.3) is 0 Å². The topological polar surface area (TPSA) is 40.5 Å². The monoisotopic (exact) mass is 283 g/mol. The van der Waals surface area contributed by atoms with Gasteiger partial charge in [-0.05, 0) is 44.9 Å². The van der Waals surface area contributed by atoms with E-state index in [1.54, 1.807) is 0 Å². The Morgan fingerprint density at radius 3 is 2.10 bits per heavy atom. The Kier molecular flexibility index (Phi) is 5.65. The highest BCUT2D eigenvalue weighted by atomic mass is 16.4. The summed E-state index contributed by atoms with van der Waals surface area (Å²) in [6.45, 7) is 14.3. The number of carbonyl (C=O) groups is 1. The van der Waals surface area contributed by atoms with E-state index < -0.39 is 5.97 Å². The van der Waals surface area contributed by atoms with Crippen LogP contribution < -0.4 is 0 Å². The molecule has 0 heterocycles. The first-order valence-corrected chi connectivity index (χ1v) is 8.02. The Bertz CT molecular complexity index is 325. The highest BCUT2D eigenvalue weighted by molar-refractivity contribution is 5.66. The van der Waals surface area contributed by atoms with Gasteiger partial charge in [-0.1, -0.05) is 33.6 Å². The maximum absolute atomic E-state index is 11.0. The lowest BCUT2D eigenvalue weighted by atomic mass is 9.68. The molecule has 2 atom stereocenters. The van der Waals surface area contributed by atoms with E-state index in [0.717, 1.165) is 0 Å². The third kappa shape index (κ3) is 4.76. The van der Waals surface area contributed by atoms with Gasteiger partial charge in [0.05, 0.1) is 6.42 Å². The third-order valence-electron chi connectivity index (χ3n) is 4.67. The lowest BCUT2D eigenvalue weighted by Gasteiger charge is -2.50. The van der Waals surface area contributed by atoms with Gasteiger partial charge in [0, 0.05) is 18.1 Å². The molecule has 3 nitrogen and oxygen atoms in total. The first-order chi connectivity index (χ1) is 9.03. The van der Waals surface area contributed by atoms with Crippen molar-refractivity contribution in [1.29, 1.82) is 0 Å². The Balaban J connectivity index is 2.94. The fourth-order valence-corrected chi connectivity index (χ4v) is 3.71. The molecule has 0 aromatic rings. The lowest BCUT2D eigenvalue weighted by Crippen LogP contribution is -2.55. The third-order valence-corrected chi connectivity index (χ3v) is 4.67. The number of hydrogen-bond donors (Lipinski definition) is 1. The Labute approximate surface area is 124 Å². The maximum Gasteiger partial charge on any atom is 0.304 e. The van der Waals surface area contributed by atoms with Gasteiger partial charge in [-0.25, -0.2) is 0 Å². The van der Waals surface area contributed by atoms with E-state index in [-0.39, 0.29) is 17.4 Å². The molecule has 0 spiro atoms. The second kappa shape index (κ2) is 6.46. The average Bonchev–Trinajstić information content (AvgIpc) is 2.26. The van der Waals surface area contributed by atoms with Crippen LogP contribution in [0.2, 0.25) is 0 Å². The summed E-state index contributed by atoms with van der Waals surface area (Å²) in [6, 6.07) is 0.517. The molecular weight excluding hydrogens is 250 g/mol. The molecule has 0 aliphatic heterocycles. The standard InChI is InChI=1S/C17H33NO2/c1-16(2,3)13-9-7-8-10-14(13)18(17(4,5)6)12-11-15(19)20/h13-14H,7-12H2,1-6H3,(H,19,20). The molecule has 1 rings (SSSR count). The smallest absolute Gasteiger partial charge is 0.304 e. The first-order valence-electron chi connectivity index (χ1n) is 8.02. The van der Waals surface area contributed by atoms with E-state index in [9.17, 15) is 4.79 Å². The van der Waals surface area contributed by atoms with E-state index in [1.807, 2.05) is 0 Å². The molecule has 2 unspecified atom stereocenters. The lowest BCUT2D eigenvalue weighted by molar-refractivity contribution is -0.138. The summed E-state index contributed by atoms with van der Waals surface area (Å²) < 4.78 is 0. The van der Waals surface area contributed by atoms with Crippen molar-refractivity contribution in [3.8, 4) is 0 Å². The van der Waals surface area contributed by atoms with E-state index >= 15 is 0 Å². The molecular formula is C17H33NO2. The highest BCUT2D eigenvalue weighted by Gasteiger charge is 2.40. The highest BCUT2D eigenvalue weighted by Crippen LogP contribution is 2.42. The number of nitrogens with zero attached hydrogens (tertiary/aromatic N) is 1. The normalized spacial score (nSPS) is 24.9. The van der Waals surface area contributed by atoms with E-state index in [4.69, 9.17) is 5.11 Å².